The Kier molecular flexibility index (Phi) is 1.67. The van der Waals surface area contributed by atoms with Crippen molar-refractivity contribution in [1.82, 2.24) is 0 Å². The van der Waals surface area contributed by atoms with E-state index in [9.17, 15) is 0 Å². The predicted octanol–water partition coefficient (Wildman–Crippen LogP) is 0.141. The number of hydrogen-bond donors (Lipinski definition) is 1. The number of aliphatic hydroxyl groups excluding tert-OH is 1. The Morgan fingerprint density at radius 3 is 2.57 bits per heavy atom. The van der Waals surface area contributed by atoms with Crippen LogP contribution in [0.3, 0.4) is 0 Å². The molecule has 42 valence electrons. The minimum Gasteiger partial charge on any atom is -0.394 e. The summed E-state index contributed by atoms with van der Waals surface area (Å²) in [5.41, 5.74) is 0. The van der Waals surface area contributed by atoms with Crippen molar-refractivity contribution < 1.29 is 9.84 Å². The third-order valence-electron chi connectivity index (χ3n) is 1.05. The number of halogens is 1. The largest absolute Gasteiger partial charge is 0.394 e. The summed E-state index contributed by atoms with van der Waals surface area (Å²) in [6, 6.07) is 0. The second kappa shape index (κ2) is 2.11. The Morgan fingerprint density at radius 1 is 1.86 bits per heavy atom. The molecule has 0 aromatic rings. The number of ether oxygens (including phenoxy) is 1. The van der Waals surface area contributed by atoms with Crippen LogP contribution in [0.2, 0.25) is 0 Å². The van der Waals surface area contributed by atoms with E-state index in [2.05, 4.69) is 15.9 Å². The lowest BCUT2D eigenvalue weighted by atomic mass is 10.2. The van der Waals surface area contributed by atoms with Crippen molar-refractivity contribution in [1.29, 1.82) is 0 Å². The van der Waals surface area contributed by atoms with E-state index >= 15 is 0 Å². The van der Waals surface area contributed by atoms with Crippen LogP contribution in [0.15, 0.2) is 0 Å². The molecule has 1 N–H and O–H groups in total. The number of hydrogen-bond acceptors (Lipinski definition) is 2. The first kappa shape index (κ1) is 5.54. The summed E-state index contributed by atoms with van der Waals surface area (Å²) in [4.78, 5) is 0.387. The maximum absolute atomic E-state index is 8.40. The average molecular weight is 167 g/mol. The van der Waals surface area contributed by atoms with Gasteiger partial charge in [-0.05, 0) is 0 Å². The van der Waals surface area contributed by atoms with Crippen LogP contribution in [-0.2, 0) is 4.74 Å². The average Bonchev–Trinajstić information content (AvgIpc) is 1.65. The molecule has 1 heterocycles. The Hall–Kier alpha value is 0.400. The summed E-state index contributed by atoms with van der Waals surface area (Å²) in [5.74, 6) is 0. The fourth-order valence-electron chi connectivity index (χ4n) is 0.472. The minimum absolute atomic E-state index is 0.0556. The van der Waals surface area contributed by atoms with Crippen LogP contribution in [0.4, 0.5) is 0 Å². The highest BCUT2D eigenvalue weighted by Gasteiger charge is 2.28. The van der Waals surface area contributed by atoms with Gasteiger partial charge in [-0.15, -0.1) is 0 Å². The summed E-state index contributed by atoms with van der Waals surface area (Å²) in [6.07, 6.45) is 0.0556. The van der Waals surface area contributed by atoms with E-state index in [4.69, 9.17) is 9.84 Å². The zero-order chi connectivity index (χ0) is 5.28. The molecule has 1 saturated heterocycles. The summed E-state index contributed by atoms with van der Waals surface area (Å²) < 4.78 is 4.90. The van der Waals surface area contributed by atoms with E-state index in [0.717, 1.165) is 6.61 Å². The molecule has 1 aliphatic rings. The molecular weight excluding hydrogens is 160 g/mol. The van der Waals surface area contributed by atoms with Crippen molar-refractivity contribution in [2.75, 3.05) is 13.2 Å². The summed E-state index contributed by atoms with van der Waals surface area (Å²) >= 11 is 3.30. The Labute approximate surface area is 50.6 Å². The predicted molar refractivity (Wildman–Crippen MR) is 29.5 cm³/mol. The lowest BCUT2D eigenvalue weighted by molar-refractivity contribution is -0.0671. The highest BCUT2D eigenvalue weighted by atomic mass is 79.9. The highest BCUT2D eigenvalue weighted by molar-refractivity contribution is 9.09. The lowest BCUT2D eigenvalue weighted by Crippen LogP contribution is -2.42. The SMILES string of the molecule is OCC1OCC1Br. The van der Waals surface area contributed by atoms with Crippen LogP contribution < -0.4 is 0 Å². The van der Waals surface area contributed by atoms with Gasteiger partial charge in [0.1, 0.15) is 0 Å². The molecule has 2 unspecified atom stereocenters. The van der Waals surface area contributed by atoms with Crippen molar-refractivity contribution in [3.05, 3.63) is 0 Å². The molecule has 1 rings (SSSR count). The first-order valence-electron chi connectivity index (χ1n) is 2.21. The van der Waals surface area contributed by atoms with E-state index in [-0.39, 0.29) is 12.7 Å². The number of alkyl halides is 1. The Bertz CT molecular complexity index is 64.7. The van der Waals surface area contributed by atoms with E-state index in [0.29, 0.717) is 4.83 Å². The van der Waals surface area contributed by atoms with Gasteiger partial charge in [0.25, 0.3) is 0 Å². The molecule has 0 aromatic carbocycles. The molecule has 0 amide bonds. The molecule has 0 saturated carbocycles. The summed E-state index contributed by atoms with van der Waals surface area (Å²) in [6.45, 7) is 0.876. The fourth-order valence-corrected chi connectivity index (χ4v) is 0.945. The van der Waals surface area contributed by atoms with Gasteiger partial charge in [0.15, 0.2) is 0 Å². The maximum atomic E-state index is 8.40. The second-order valence-corrected chi connectivity index (χ2v) is 2.75. The monoisotopic (exact) mass is 166 g/mol. The van der Waals surface area contributed by atoms with Crippen LogP contribution in [0.5, 0.6) is 0 Å². The van der Waals surface area contributed by atoms with E-state index < -0.39 is 0 Å². The molecule has 0 bridgehead atoms. The molecule has 2 atom stereocenters. The van der Waals surface area contributed by atoms with Gasteiger partial charge in [0, 0.05) is 0 Å². The smallest absolute Gasteiger partial charge is 0.0953 e. The topological polar surface area (TPSA) is 29.5 Å². The van der Waals surface area contributed by atoms with Crippen LogP contribution in [0.1, 0.15) is 0 Å². The first-order chi connectivity index (χ1) is 3.34. The first-order valence-corrected chi connectivity index (χ1v) is 3.12. The van der Waals surface area contributed by atoms with Gasteiger partial charge in [0.05, 0.1) is 24.1 Å². The van der Waals surface area contributed by atoms with Gasteiger partial charge >= 0.3 is 0 Å². The van der Waals surface area contributed by atoms with Crippen molar-refractivity contribution >= 4 is 15.9 Å². The maximum Gasteiger partial charge on any atom is 0.0953 e. The standard InChI is InChI=1S/C4H7BrO2/c5-3-2-7-4(3)1-6/h3-4,6H,1-2H2. The van der Waals surface area contributed by atoms with Crippen LogP contribution in [0.25, 0.3) is 0 Å². The zero-order valence-corrected chi connectivity index (χ0v) is 5.39. The molecule has 1 fully saturated rings. The van der Waals surface area contributed by atoms with Crippen LogP contribution in [-0.4, -0.2) is 29.3 Å². The Balaban J connectivity index is 2.16. The van der Waals surface area contributed by atoms with E-state index in [1.165, 1.54) is 0 Å². The quantitative estimate of drug-likeness (QED) is 0.563. The van der Waals surface area contributed by atoms with Gasteiger partial charge in [0.2, 0.25) is 0 Å². The van der Waals surface area contributed by atoms with E-state index in [1.54, 1.807) is 0 Å². The zero-order valence-electron chi connectivity index (χ0n) is 3.80. The molecule has 3 heteroatoms. The number of aliphatic hydroxyl groups is 1. The van der Waals surface area contributed by atoms with E-state index in [1.807, 2.05) is 0 Å². The van der Waals surface area contributed by atoms with Crippen molar-refractivity contribution in [3.8, 4) is 0 Å². The minimum atomic E-state index is 0.0556. The van der Waals surface area contributed by atoms with Gasteiger partial charge < -0.3 is 9.84 Å². The molecule has 0 aliphatic carbocycles. The summed E-state index contributed by atoms with van der Waals surface area (Å²) in [7, 11) is 0. The highest BCUT2D eigenvalue weighted by Crippen LogP contribution is 2.19. The molecule has 0 radical (unpaired) electrons. The third kappa shape index (κ3) is 0.953. The normalized spacial score (nSPS) is 40.3. The van der Waals surface area contributed by atoms with Gasteiger partial charge in [-0.3, -0.25) is 0 Å². The van der Waals surface area contributed by atoms with Crippen LogP contribution in [0, 0.1) is 0 Å². The van der Waals surface area contributed by atoms with Crippen molar-refractivity contribution in [3.63, 3.8) is 0 Å². The molecule has 7 heavy (non-hydrogen) atoms. The molecule has 0 spiro atoms. The third-order valence-corrected chi connectivity index (χ3v) is 1.91. The van der Waals surface area contributed by atoms with Gasteiger partial charge in [-0.2, -0.15) is 0 Å². The lowest BCUT2D eigenvalue weighted by Gasteiger charge is -2.30. The van der Waals surface area contributed by atoms with Gasteiger partial charge in [-0.25, -0.2) is 0 Å². The molecule has 2 nitrogen and oxygen atoms in total. The Morgan fingerprint density at radius 2 is 2.57 bits per heavy atom. The summed E-state index contributed by atoms with van der Waals surface area (Å²) in [5, 5.41) is 8.40. The molecule has 0 aromatic heterocycles. The fraction of sp³-hybridized carbons (Fsp3) is 1.00. The number of rotatable bonds is 1. The van der Waals surface area contributed by atoms with Gasteiger partial charge in [-0.1, -0.05) is 15.9 Å². The molecule has 1 aliphatic heterocycles. The second-order valence-electron chi connectivity index (χ2n) is 1.57. The molecular formula is C4H7BrO2. The van der Waals surface area contributed by atoms with Crippen LogP contribution >= 0.6 is 15.9 Å². The van der Waals surface area contributed by atoms with Crippen molar-refractivity contribution in [2.45, 2.75) is 10.9 Å². The van der Waals surface area contributed by atoms with Crippen molar-refractivity contribution in [2.24, 2.45) is 0 Å².